The van der Waals surface area contributed by atoms with Gasteiger partial charge in [-0.3, -0.25) is 9.63 Å². The molecule has 1 aromatic rings. The van der Waals surface area contributed by atoms with Crippen molar-refractivity contribution >= 4 is 5.91 Å². The molecule has 5 nitrogen and oxygen atoms in total. The molecule has 2 heterocycles. The van der Waals surface area contributed by atoms with E-state index in [1.807, 2.05) is 17.0 Å². The molecule has 0 bridgehead atoms. The number of likely N-dealkylation sites (tertiary alicyclic amines) is 1. The molecule has 1 aliphatic heterocycles. The Hall–Kier alpha value is -1.62. The van der Waals surface area contributed by atoms with E-state index in [4.69, 9.17) is 9.57 Å². The first-order chi connectivity index (χ1) is 9.58. The molecule has 2 rings (SSSR count). The minimum absolute atomic E-state index is 0.00565. The highest BCUT2D eigenvalue weighted by Crippen LogP contribution is 2.15. The number of methoxy groups -OCH3 is 1. The molecule has 0 saturated carbocycles. The fourth-order valence-electron chi connectivity index (χ4n) is 2.57. The highest BCUT2D eigenvalue weighted by Gasteiger charge is 2.34. The van der Waals surface area contributed by atoms with Crippen molar-refractivity contribution in [2.75, 3.05) is 27.3 Å². The third kappa shape index (κ3) is 2.77. The van der Waals surface area contributed by atoms with Crippen molar-refractivity contribution < 1.29 is 19.1 Å². The Balaban J connectivity index is 2.28. The van der Waals surface area contributed by atoms with E-state index in [1.54, 1.807) is 25.0 Å². The Labute approximate surface area is 120 Å². The first kappa shape index (κ1) is 14.8. The van der Waals surface area contributed by atoms with Crippen LogP contribution in [-0.2, 0) is 4.74 Å². The Bertz CT molecular complexity index is 488. The number of carbonyl (C=O) groups excluding carboxylic acids is 1. The molecule has 1 unspecified atom stereocenters. The highest BCUT2D eigenvalue weighted by molar-refractivity contribution is 5.91. The van der Waals surface area contributed by atoms with Crippen LogP contribution < -0.4 is 9.57 Å². The minimum Gasteiger partial charge on any atom is -0.380 e. The van der Waals surface area contributed by atoms with Gasteiger partial charge in [-0.1, -0.05) is 13.8 Å². The summed E-state index contributed by atoms with van der Waals surface area (Å²) in [6.45, 7) is 5.53. The third-order valence-corrected chi connectivity index (χ3v) is 3.73. The summed E-state index contributed by atoms with van der Waals surface area (Å²) < 4.78 is 6.95. The number of aromatic nitrogens is 1. The Morgan fingerprint density at radius 2 is 2.15 bits per heavy atom. The molecule has 110 valence electrons. The van der Waals surface area contributed by atoms with Gasteiger partial charge in [0.05, 0.1) is 6.10 Å². The van der Waals surface area contributed by atoms with Crippen LogP contribution in [0.2, 0.25) is 0 Å². The fourth-order valence-corrected chi connectivity index (χ4v) is 2.57. The Morgan fingerprint density at radius 1 is 1.40 bits per heavy atom. The second-order valence-corrected chi connectivity index (χ2v) is 5.37. The van der Waals surface area contributed by atoms with Crippen LogP contribution in [-0.4, -0.2) is 44.2 Å². The number of ether oxygens (including phenoxy) is 1. The van der Waals surface area contributed by atoms with Gasteiger partial charge in [0.1, 0.15) is 7.11 Å². The maximum Gasteiger partial charge on any atom is 0.323 e. The third-order valence-electron chi connectivity index (χ3n) is 3.73. The Morgan fingerprint density at radius 3 is 2.70 bits per heavy atom. The van der Waals surface area contributed by atoms with E-state index in [0.29, 0.717) is 12.2 Å². The van der Waals surface area contributed by atoms with Gasteiger partial charge >= 0.3 is 11.6 Å². The van der Waals surface area contributed by atoms with Crippen molar-refractivity contribution in [3.63, 3.8) is 0 Å². The van der Waals surface area contributed by atoms with Crippen molar-refractivity contribution in [3.05, 3.63) is 29.6 Å². The number of amides is 1. The molecule has 1 fully saturated rings. The Kier molecular flexibility index (Phi) is 4.60. The van der Waals surface area contributed by atoms with Crippen LogP contribution in [0.1, 0.15) is 42.4 Å². The van der Waals surface area contributed by atoms with Gasteiger partial charge in [-0.15, -0.1) is 0 Å². The minimum atomic E-state index is -0.00565. The summed E-state index contributed by atoms with van der Waals surface area (Å²) in [6.07, 6.45) is 1.03. The molecule has 0 aromatic carbocycles. The van der Waals surface area contributed by atoms with Crippen molar-refractivity contribution in [1.82, 2.24) is 4.90 Å². The normalized spacial score (nSPS) is 18.6. The average Bonchev–Trinajstić information content (AvgIpc) is 2.94. The fraction of sp³-hybridized carbons (Fsp3) is 0.600. The summed E-state index contributed by atoms with van der Waals surface area (Å²) in [5.41, 5.74) is 1.55. The van der Waals surface area contributed by atoms with Crippen LogP contribution in [0.4, 0.5) is 0 Å². The van der Waals surface area contributed by atoms with Gasteiger partial charge in [0.25, 0.3) is 0 Å². The van der Waals surface area contributed by atoms with E-state index in [0.717, 1.165) is 18.7 Å². The largest absolute Gasteiger partial charge is 0.380 e. The number of hydrogen-bond acceptors (Lipinski definition) is 3. The molecule has 0 aliphatic carbocycles. The molecule has 0 N–H and O–H groups in total. The molecule has 1 atom stereocenters. The lowest BCUT2D eigenvalue weighted by atomic mass is 10.1. The van der Waals surface area contributed by atoms with Gasteiger partial charge in [0.2, 0.25) is 5.69 Å². The van der Waals surface area contributed by atoms with E-state index in [-0.39, 0.29) is 17.9 Å². The first-order valence-electron chi connectivity index (χ1n) is 7.00. The van der Waals surface area contributed by atoms with Gasteiger partial charge in [0.15, 0.2) is 0 Å². The molecule has 0 spiro atoms. The van der Waals surface area contributed by atoms with Crippen LogP contribution in [0.3, 0.4) is 0 Å². The number of rotatable bonds is 4. The summed E-state index contributed by atoms with van der Waals surface area (Å²) in [5, 5.41) is 0. The molecule has 1 aliphatic rings. The summed E-state index contributed by atoms with van der Waals surface area (Å²) in [6, 6.07) is 5.69. The zero-order chi connectivity index (χ0) is 14.7. The van der Waals surface area contributed by atoms with E-state index in [1.165, 1.54) is 0 Å². The van der Waals surface area contributed by atoms with Gasteiger partial charge in [-0.25, -0.2) is 0 Å². The summed E-state index contributed by atoms with van der Waals surface area (Å²) in [7, 11) is 3.28. The van der Waals surface area contributed by atoms with Gasteiger partial charge in [-0.05, 0) is 12.5 Å². The number of hydrogen-bond donors (Lipinski definition) is 0. The first-order valence-corrected chi connectivity index (χ1v) is 7.00. The number of nitrogens with zero attached hydrogens (tertiary/aromatic N) is 2. The van der Waals surface area contributed by atoms with Crippen LogP contribution in [0.25, 0.3) is 0 Å². The lowest BCUT2D eigenvalue weighted by Crippen LogP contribution is -2.52. The molecule has 1 saturated heterocycles. The summed E-state index contributed by atoms with van der Waals surface area (Å²) in [4.78, 5) is 19.9. The molecular weight excluding hydrogens is 256 g/mol. The van der Waals surface area contributed by atoms with Crippen LogP contribution in [0, 0.1) is 0 Å². The number of pyridine rings is 1. The van der Waals surface area contributed by atoms with Crippen molar-refractivity contribution in [2.24, 2.45) is 0 Å². The lowest BCUT2D eigenvalue weighted by molar-refractivity contribution is -0.892. The highest BCUT2D eigenvalue weighted by atomic mass is 16.6. The maximum absolute atomic E-state index is 12.6. The van der Waals surface area contributed by atoms with E-state index < -0.39 is 0 Å². The topological polar surface area (TPSA) is 42.7 Å². The summed E-state index contributed by atoms with van der Waals surface area (Å²) in [5.74, 6) is 0.280. The molecule has 1 amide bonds. The standard InChI is InChI=1S/C15H23N2O3/c1-11(2)13-6-5-7-14(17(13)20-4)15(18)16-9-8-12(10-16)19-3/h5-7,11-12H,8-10H2,1-4H3/q+1. The van der Waals surface area contributed by atoms with Gasteiger partial charge in [-0.2, -0.15) is 0 Å². The smallest absolute Gasteiger partial charge is 0.323 e. The monoisotopic (exact) mass is 279 g/mol. The molecule has 20 heavy (non-hydrogen) atoms. The lowest BCUT2D eigenvalue weighted by Gasteiger charge is -2.15. The number of carbonyl (C=O) groups is 1. The SMILES string of the molecule is COC1CCN(C(=O)c2cccc(C(C)C)[n+]2OC)C1. The van der Waals surface area contributed by atoms with Crippen LogP contribution >= 0.6 is 0 Å². The second kappa shape index (κ2) is 6.22. The summed E-state index contributed by atoms with van der Waals surface area (Å²) >= 11 is 0. The van der Waals surface area contributed by atoms with Crippen molar-refractivity contribution in [2.45, 2.75) is 32.3 Å². The van der Waals surface area contributed by atoms with Gasteiger partial charge in [0, 0.05) is 43.0 Å². The van der Waals surface area contributed by atoms with Crippen LogP contribution in [0.5, 0.6) is 0 Å². The predicted octanol–water partition coefficient (Wildman–Crippen LogP) is 1.02. The average molecular weight is 279 g/mol. The predicted molar refractivity (Wildman–Crippen MR) is 74.5 cm³/mol. The van der Waals surface area contributed by atoms with Gasteiger partial charge < -0.3 is 9.64 Å². The molecule has 5 heteroatoms. The van der Waals surface area contributed by atoms with E-state index >= 15 is 0 Å². The van der Waals surface area contributed by atoms with E-state index in [2.05, 4.69) is 13.8 Å². The van der Waals surface area contributed by atoms with Crippen molar-refractivity contribution in [1.29, 1.82) is 0 Å². The van der Waals surface area contributed by atoms with Crippen molar-refractivity contribution in [3.8, 4) is 0 Å². The molecule has 0 radical (unpaired) electrons. The zero-order valence-electron chi connectivity index (χ0n) is 12.6. The zero-order valence-corrected chi connectivity index (χ0v) is 12.6. The molecule has 1 aromatic heterocycles. The van der Waals surface area contributed by atoms with Crippen LogP contribution in [0.15, 0.2) is 18.2 Å². The second-order valence-electron chi connectivity index (χ2n) is 5.37. The van der Waals surface area contributed by atoms with E-state index in [9.17, 15) is 4.79 Å². The molecular formula is C15H23N2O3+. The maximum atomic E-state index is 12.6. The quantitative estimate of drug-likeness (QED) is 0.773.